The summed E-state index contributed by atoms with van der Waals surface area (Å²) in [5.74, 6) is 0.684. The van der Waals surface area contributed by atoms with Gasteiger partial charge in [-0.2, -0.15) is 0 Å². The molecular weight excluding hydrogens is 392 g/mol. The molecule has 0 aliphatic rings. The topological polar surface area (TPSA) is 50.4 Å². The maximum atomic E-state index is 11.7. The van der Waals surface area contributed by atoms with E-state index in [9.17, 15) is 4.79 Å². The normalized spacial score (nSPS) is 10.3. The van der Waals surface area contributed by atoms with Crippen molar-refractivity contribution in [1.82, 2.24) is 10.6 Å². The Morgan fingerprint density at radius 3 is 2.54 bits per heavy atom. The van der Waals surface area contributed by atoms with Crippen LogP contribution in [0.2, 0.25) is 5.02 Å². The summed E-state index contributed by atoms with van der Waals surface area (Å²) in [7, 11) is 0. The maximum absolute atomic E-state index is 11.7. The Hall–Kier alpha value is -1.72. The number of halogens is 2. The molecule has 6 heteroatoms. The van der Waals surface area contributed by atoms with Gasteiger partial charge in [0.15, 0.2) is 6.73 Å². The summed E-state index contributed by atoms with van der Waals surface area (Å²) in [6, 6.07) is 11.5. The van der Waals surface area contributed by atoms with Crippen molar-refractivity contribution < 1.29 is 9.53 Å². The van der Waals surface area contributed by atoms with Crippen molar-refractivity contribution in [2.24, 2.45) is 0 Å². The van der Waals surface area contributed by atoms with Crippen molar-refractivity contribution in [3.8, 4) is 5.75 Å². The molecule has 2 amide bonds. The third kappa shape index (κ3) is 5.73. The molecule has 0 unspecified atom stereocenters. The lowest BCUT2D eigenvalue weighted by Crippen LogP contribution is -2.38. The van der Waals surface area contributed by atoms with Gasteiger partial charge in [0.1, 0.15) is 5.75 Å². The molecule has 0 spiro atoms. The molecule has 0 heterocycles. The molecule has 2 aromatic rings. The van der Waals surface area contributed by atoms with Gasteiger partial charge in [0.25, 0.3) is 0 Å². The predicted molar refractivity (Wildman–Crippen MR) is 101 cm³/mol. The van der Waals surface area contributed by atoms with Gasteiger partial charge in [0.05, 0.1) is 0 Å². The number of rotatable bonds is 6. The number of hydrogen-bond acceptors (Lipinski definition) is 2. The van der Waals surface area contributed by atoms with Crippen molar-refractivity contribution in [3.05, 3.63) is 62.6 Å². The number of benzene rings is 2. The average molecular weight is 412 g/mol. The lowest BCUT2D eigenvalue weighted by atomic mass is 10.1. The number of carbonyl (C=O) groups is 1. The van der Waals surface area contributed by atoms with Crippen LogP contribution in [0.15, 0.2) is 40.9 Å². The van der Waals surface area contributed by atoms with Crippen molar-refractivity contribution in [3.63, 3.8) is 0 Å². The van der Waals surface area contributed by atoms with Gasteiger partial charge in [0.2, 0.25) is 0 Å². The third-order valence-electron chi connectivity index (χ3n) is 3.47. The van der Waals surface area contributed by atoms with Crippen molar-refractivity contribution in [2.75, 3.05) is 13.3 Å². The van der Waals surface area contributed by atoms with E-state index >= 15 is 0 Å². The van der Waals surface area contributed by atoms with Gasteiger partial charge in [-0.05, 0) is 61.2 Å². The fourth-order valence-electron chi connectivity index (χ4n) is 2.25. The molecule has 4 nitrogen and oxygen atoms in total. The van der Waals surface area contributed by atoms with Crippen LogP contribution in [0.5, 0.6) is 5.75 Å². The summed E-state index contributed by atoms with van der Waals surface area (Å²) >= 11 is 9.54. The zero-order valence-electron chi connectivity index (χ0n) is 13.7. The van der Waals surface area contributed by atoms with Gasteiger partial charge >= 0.3 is 6.03 Å². The number of hydrogen-bond donors (Lipinski definition) is 2. The fraction of sp³-hybridized carbons (Fsp3) is 0.278. The van der Waals surface area contributed by atoms with E-state index in [1.807, 2.05) is 50.2 Å². The Bertz CT molecular complexity index is 699. The van der Waals surface area contributed by atoms with Crippen LogP contribution in [0, 0.1) is 13.8 Å². The summed E-state index contributed by atoms with van der Waals surface area (Å²) in [5, 5.41) is 6.21. The molecule has 0 radical (unpaired) electrons. The van der Waals surface area contributed by atoms with Crippen LogP contribution in [0.25, 0.3) is 0 Å². The highest BCUT2D eigenvalue weighted by atomic mass is 79.9. The quantitative estimate of drug-likeness (QED) is 0.683. The minimum Gasteiger partial charge on any atom is -0.473 e. The van der Waals surface area contributed by atoms with E-state index in [1.54, 1.807) is 0 Å². The molecule has 128 valence electrons. The molecular formula is C18H20BrClN2O2. The van der Waals surface area contributed by atoms with Crippen molar-refractivity contribution in [1.29, 1.82) is 0 Å². The van der Waals surface area contributed by atoms with Gasteiger partial charge in [-0.1, -0.05) is 39.7 Å². The summed E-state index contributed by atoms with van der Waals surface area (Å²) in [4.78, 5) is 11.7. The smallest absolute Gasteiger partial charge is 0.317 e. The molecule has 0 aromatic heterocycles. The number of nitrogens with one attached hydrogen (secondary N) is 2. The van der Waals surface area contributed by atoms with Crippen LogP contribution < -0.4 is 15.4 Å². The second-order valence-corrected chi connectivity index (χ2v) is 6.77. The Labute approximate surface area is 155 Å². The molecule has 24 heavy (non-hydrogen) atoms. The molecule has 0 aliphatic heterocycles. The SMILES string of the molecule is Cc1cc(OCNC(=O)NCCc2cccc(Br)c2)cc(C)c1Cl. The van der Waals surface area contributed by atoms with Crippen LogP contribution in [0.3, 0.4) is 0 Å². The van der Waals surface area contributed by atoms with Crippen LogP contribution in [0.4, 0.5) is 4.79 Å². The number of amides is 2. The first-order valence-electron chi connectivity index (χ1n) is 7.61. The maximum Gasteiger partial charge on any atom is 0.317 e. The zero-order chi connectivity index (χ0) is 17.5. The van der Waals surface area contributed by atoms with E-state index < -0.39 is 0 Å². The highest BCUT2D eigenvalue weighted by Crippen LogP contribution is 2.25. The fourth-order valence-corrected chi connectivity index (χ4v) is 2.81. The van der Waals surface area contributed by atoms with E-state index in [2.05, 4.69) is 26.6 Å². The summed E-state index contributed by atoms with van der Waals surface area (Å²) in [5.41, 5.74) is 3.06. The van der Waals surface area contributed by atoms with Gasteiger partial charge in [0, 0.05) is 16.0 Å². The lowest BCUT2D eigenvalue weighted by Gasteiger charge is -2.11. The van der Waals surface area contributed by atoms with E-state index in [1.165, 1.54) is 0 Å². The zero-order valence-corrected chi connectivity index (χ0v) is 16.0. The second-order valence-electron chi connectivity index (χ2n) is 5.47. The van der Waals surface area contributed by atoms with Gasteiger partial charge in [-0.25, -0.2) is 4.79 Å². The van der Waals surface area contributed by atoms with Crippen molar-refractivity contribution in [2.45, 2.75) is 20.3 Å². The Kier molecular flexibility index (Phi) is 6.94. The van der Waals surface area contributed by atoms with Crippen LogP contribution in [0.1, 0.15) is 16.7 Å². The van der Waals surface area contributed by atoms with E-state index in [-0.39, 0.29) is 12.8 Å². The molecule has 0 bridgehead atoms. The molecule has 0 atom stereocenters. The molecule has 2 rings (SSSR count). The van der Waals surface area contributed by atoms with Gasteiger partial charge in [-0.3, -0.25) is 0 Å². The third-order valence-corrected chi connectivity index (χ3v) is 4.56. The van der Waals surface area contributed by atoms with E-state index in [0.29, 0.717) is 12.3 Å². The highest BCUT2D eigenvalue weighted by Gasteiger charge is 2.04. The average Bonchev–Trinajstić information content (AvgIpc) is 2.52. The van der Waals surface area contributed by atoms with Crippen LogP contribution in [-0.4, -0.2) is 19.3 Å². The number of ether oxygens (including phenoxy) is 1. The molecule has 0 fully saturated rings. The first-order chi connectivity index (χ1) is 11.5. The summed E-state index contributed by atoms with van der Waals surface area (Å²) < 4.78 is 6.57. The van der Waals surface area contributed by atoms with E-state index in [4.69, 9.17) is 16.3 Å². The first kappa shape index (κ1) is 18.6. The first-order valence-corrected chi connectivity index (χ1v) is 8.78. The summed E-state index contributed by atoms with van der Waals surface area (Å²) in [6.45, 7) is 4.50. The minimum absolute atomic E-state index is 0.100. The highest BCUT2D eigenvalue weighted by molar-refractivity contribution is 9.10. The number of aryl methyl sites for hydroxylation is 2. The predicted octanol–water partition coefficient (Wildman–Crippen LogP) is 4.60. The Morgan fingerprint density at radius 2 is 1.88 bits per heavy atom. The Balaban J connectivity index is 1.70. The Morgan fingerprint density at radius 1 is 1.17 bits per heavy atom. The summed E-state index contributed by atoms with van der Waals surface area (Å²) in [6.07, 6.45) is 0.767. The molecule has 2 N–H and O–H groups in total. The van der Waals surface area contributed by atoms with Crippen molar-refractivity contribution >= 4 is 33.6 Å². The molecule has 0 aliphatic carbocycles. The number of carbonyl (C=O) groups excluding carboxylic acids is 1. The van der Waals surface area contributed by atoms with Gasteiger partial charge in [-0.15, -0.1) is 0 Å². The number of urea groups is 1. The standard InChI is InChI=1S/C18H20BrClN2O2/c1-12-8-16(9-13(2)17(12)20)24-11-22-18(23)21-7-6-14-4-3-5-15(19)10-14/h3-5,8-10H,6-7,11H2,1-2H3,(H2,21,22,23). The second kappa shape index (κ2) is 8.94. The van der Waals surface area contributed by atoms with Crippen LogP contribution in [-0.2, 0) is 6.42 Å². The molecule has 0 saturated carbocycles. The molecule has 2 aromatic carbocycles. The van der Waals surface area contributed by atoms with E-state index in [0.717, 1.165) is 32.6 Å². The van der Waals surface area contributed by atoms with Gasteiger partial charge < -0.3 is 15.4 Å². The lowest BCUT2D eigenvalue weighted by molar-refractivity contribution is 0.224. The molecule has 0 saturated heterocycles. The minimum atomic E-state index is -0.257. The van der Waals surface area contributed by atoms with Crippen LogP contribution >= 0.6 is 27.5 Å². The largest absolute Gasteiger partial charge is 0.473 e. The monoisotopic (exact) mass is 410 g/mol.